The lowest BCUT2D eigenvalue weighted by molar-refractivity contribution is -0.141. The number of ether oxygens (including phenoxy) is 1. The van der Waals surface area contributed by atoms with Crippen LogP contribution in [0, 0.1) is 0 Å². The highest BCUT2D eigenvalue weighted by Gasteiger charge is 2.34. The number of rotatable bonds is 6. The minimum absolute atomic E-state index is 0.192. The van der Waals surface area contributed by atoms with Crippen LogP contribution in [-0.4, -0.2) is 33.7 Å². The van der Waals surface area contributed by atoms with Gasteiger partial charge in [0.2, 0.25) is 5.91 Å². The van der Waals surface area contributed by atoms with Gasteiger partial charge in [-0.15, -0.1) is 11.3 Å². The van der Waals surface area contributed by atoms with Crippen LogP contribution >= 0.6 is 23.1 Å². The first-order valence-corrected chi connectivity index (χ1v) is 11.3. The van der Waals surface area contributed by atoms with Crippen LogP contribution in [0.4, 0.5) is 18.2 Å². The number of hydrogen-bond donors (Lipinski definition) is 2. The van der Waals surface area contributed by atoms with Gasteiger partial charge in [-0.05, 0) is 45.1 Å². The molecule has 1 amide bonds. The van der Waals surface area contributed by atoms with E-state index in [1.54, 1.807) is 6.92 Å². The zero-order valence-electron chi connectivity index (χ0n) is 16.7. The minimum Gasteiger partial charge on any atom is -0.462 e. The first-order valence-electron chi connectivity index (χ1n) is 9.57. The summed E-state index contributed by atoms with van der Waals surface area (Å²) in [4.78, 5) is 43.3. The fourth-order valence-electron chi connectivity index (χ4n) is 3.14. The zero-order chi connectivity index (χ0) is 22.8. The number of hydrogen-bond acceptors (Lipinski definition) is 7. The number of nitrogens with one attached hydrogen (secondary N) is 2. The normalized spacial score (nSPS) is 14.6. The first kappa shape index (κ1) is 23.3. The number of H-pyrrole nitrogens is 1. The second kappa shape index (κ2) is 9.43. The number of carbonyl (C=O) groups is 2. The molecule has 2 aromatic rings. The van der Waals surface area contributed by atoms with E-state index in [1.807, 2.05) is 0 Å². The van der Waals surface area contributed by atoms with E-state index in [-0.39, 0.29) is 11.8 Å². The fraction of sp³-hybridized carbons (Fsp3) is 0.474. The van der Waals surface area contributed by atoms with E-state index in [0.717, 1.165) is 36.1 Å². The maximum atomic E-state index is 12.9. The van der Waals surface area contributed by atoms with Gasteiger partial charge in [0.1, 0.15) is 5.00 Å². The van der Waals surface area contributed by atoms with Crippen molar-refractivity contribution in [3.05, 3.63) is 38.1 Å². The second-order valence-corrected chi connectivity index (χ2v) is 9.25. The second-order valence-electron chi connectivity index (χ2n) is 6.82. The Morgan fingerprint density at radius 1 is 1.35 bits per heavy atom. The molecule has 0 aromatic carbocycles. The molecule has 0 fully saturated rings. The lowest BCUT2D eigenvalue weighted by Crippen LogP contribution is -2.24. The van der Waals surface area contributed by atoms with Crippen molar-refractivity contribution in [1.82, 2.24) is 9.97 Å². The molecular weight excluding hydrogens is 455 g/mol. The van der Waals surface area contributed by atoms with Crippen LogP contribution in [0.15, 0.2) is 16.0 Å². The summed E-state index contributed by atoms with van der Waals surface area (Å²) in [5.74, 6) is -1.05. The van der Waals surface area contributed by atoms with Crippen LogP contribution in [0.5, 0.6) is 0 Å². The number of esters is 1. The van der Waals surface area contributed by atoms with Crippen molar-refractivity contribution in [3.8, 4) is 0 Å². The third kappa shape index (κ3) is 5.48. The third-order valence-electron chi connectivity index (χ3n) is 4.56. The molecule has 2 heterocycles. The molecule has 0 spiro atoms. The van der Waals surface area contributed by atoms with Gasteiger partial charge in [0.25, 0.3) is 5.56 Å². The van der Waals surface area contributed by atoms with Crippen LogP contribution in [-0.2, 0) is 28.5 Å². The molecule has 7 nitrogen and oxygen atoms in total. The number of halogens is 3. The van der Waals surface area contributed by atoms with Crippen molar-refractivity contribution in [2.24, 2.45) is 0 Å². The highest BCUT2D eigenvalue weighted by atomic mass is 32.2. The van der Waals surface area contributed by atoms with E-state index in [9.17, 15) is 27.6 Å². The molecule has 2 N–H and O–H groups in total. The van der Waals surface area contributed by atoms with Gasteiger partial charge in [0, 0.05) is 10.9 Å². The van der Waals surface area contributed by atoms with Crippen molar-refractivity contribution in [2.45, 2.75) is 56.1 Å². The molecule has 0 bridgehead atoms. The number of aromatic amines is 1. The number of anilines is 1. The predicted octanol–water partition coefficient (Wildman–Crippen LogP) is 4.03. The molecule has 1 aliphatic rings. The third-order valence-corrected chi connectivity index (χ3v) is 6.75. The Balaban J connectivity index is 1.80. The fourth-order valence-corrected chi connectivity index (χ4v) is 5.24. The quantitative estimate of drug-likeness (QED) is 0.372. The maximum Gasteiger partial charge on any atom is 0.433 e. The molecule has 12 heteroatoms. The summed E-state index contributed by atoms with van der Waals surface area (Å²) >= 11 is 2.00. The van der Waals surface area contributed by atoms with Crippen molar-refractivity contribution in [1.29, 1.82) is 0 Å². The number of thiophene rings is 1. The van der Waals surface area contributed by atoms with Crippen LogP contribution in [0.3, 0.4) is 0 Å². The summed E-state index contributed by atoms with van der Waals surface area (Å²) in [6.07, 6.45) is -1.33. The maximum absolute atomic E-state index is 12.9. The summed E-state index contributed by atoms with van der Waals surface area (Å²) in [5.41, 5.74) is -1.07. The van der Waals surface area contributed by atoms with E-state index in [0.29, 0.717) is 28.4 Å². The highest BCUT2D eigenvalue weighted by Crippen LogP contribution is 2.39. The van der Waals surface area contributed by atoms with Gasteiger partial charge in [-0.3, -0.25) is 9.59 Å². The Morgan fingerprint density at radius 3 is 2.74 bits per heavy atom. The SMILES string of the molecule is CCOC(=O)c1c(NC(=O)C(C)Sc2nc(C(F)(F)F)cc(=O)[nH]2)sc2c1CCCC2. The molecule has 1 atom stereocenters. The predicted molar refractivity (Wildman–Crippen MR) is 111 cm³/mol. The molecule has 2 aromatic heterocycles. The molecule has 3 rings (SSSR count). The molecule has 31 heavy (non-hydrogen) atoms. The van der Waals surface area contributed by atoms with Gasteiger partial charge in [0.15, 0.2) is 10.9 Å². The monoisotopic (exact) mass is 475 g/mol. The molecule has 0 saturated heterocycles. The Morgan fingerprint density at radius 2 is 2.06 bits per heavy atom. The number of aryl methyl sites for hydroxylation is 1. The highest BCUT2D eigenvalue weighted by molar-refractivity contribution is 8.00. The lowest BCUT2D eigenvalue weighted by Gasteiger charge is -2.13. The van der Waals surface area contributed by atoms with Crippen molar-refractivity contribution in [3.63, 3.8) is 0 Å². The van der Waals surface area contributed by atoms with E-state index < -0.39 is 34.6 Å². The van der Waals surface area contributed by atoms with Crippen LogP contribution in [0.1, 0.15) is 53.2 Å². The van der Waals surface area contributed by atoms with Crippen LogP contribution in [0.25, 0.3) is 0 Å². The number of aromatic nitrogens is 2. The summed E-state index contributed by atoms with van der Waals surface area (Å²) in [6, 6.07) is 0.358. The number of alkyl halides is 3. The summed E-state index contributed by atoms with van der Waals surface area (Å²) in [6.45, 7) is 3.35. The number of carbonyl (C=O) groups excluding carboxylic acids is 2. The Bertz CT molecular complexity index is 1050. The average molecular weight is 476 g/mol. The van der Waals surface area contributed by atoms with Gasteiger partial charge in [-0.2, -0.15) is 13.2 Å². The van der Waals surface area contributed by atoms with E-state index in [1.165, 1.54) is 18.3 Å². The Hall–Kier alpha value is -2.34. The number of thioether (sulfide) groups is 1. The van der Waals surface area contributed by atoms with E-state index in [2.05, 4.69) is 15.3 Å². The number of fused-ring (bicyclic) bond motifs is 1. The molecule has 0 aliphatic heterocycles. The van der Waals surface area contributed by atoms with E-state index in [4.69, 9.17) is 4.74 Å². The minimum atomic E-state index is -4.78. The lowest BCUT2D eigenvalue weighted by atomic mass is 9.95. The van der Waals surface area contributed by atoms with Crippen molar-refractivity contribution in [2.75, 3.05) is 11.9 Å². The smallest absolute Gasteiger partial charge is 0.433 e. The van der Waals surface area contributed by atoms with Gasteiger partial charge < -0.3 is 15.0 Å². The Kier molecular flexibility index (Phi) is 7.10. The summed E-state index contributed by atoms with van der Waals surface area (Å²) in [5, 5.41) is 1.86. The zero-order valence-corrected chi connectivity index (χ0v) is 18.4. The Labute approximate surface area is 183 Å². The molecule has 1 aliphatic carbocycles. The van der Waals surface area contributed by atoms with Crippen LogP contribution in [0.2, 0.25) is 0 Å². The van der Waals surface area contributed by atoms with Crippen LogP contribution < -0.4 is 10.9 Å². The molecular formula is C19H20F3N3O4S2. The number of amides is 1. The van der Waals surface area contributed by atoms with Gasteiger partial charge in [-0.25, -0.2) is 9.78 Å². The molecule has 0 radical (unpaired) electrons. The standard InChI is InChI=1S/C19H20F3N3O4S2/c1-3-29-17(28)14-10-6-4-5-7-11(10)31-16(14)25-15(27)9(2)30-18-23-12(19(20,21)22)8-13(26)24-18/h8-9H,3-7H2,1-2H3,(H,25,27)(H,23,24,26). The van der Waals surface area contributed by atoms with Crippen molar-refractivity contribution < 1.29 is 27.5 Å². The average Bonchev–Trinajstić information content (AvgIpc) is 3.04. The summed E-state index contributed by atoms with van der Waals surface area (Å²) in [7, 11) is 0. The van der Waals surface area contributed by atoms with Gasteiger partial charge in [0.05, 0.1) is 17.4 Å². The summed E-state index contributed by atoms with van der Waals surface area (Å²) < 4.78 is 43.8. The molecule has 1 unspecified atom stereocenters. The van der Waals surface area contributed by atoms with Crippen molar-refractivity contribution >= 4 is 40.0 Å². The largest absolute Gasteiger partial charge is 0.462 e. The van der Waals surface area contributed by atoms with E-state index >= 15 is 0 Å². The van der Waals surface area contributed by atoms with Gasteiger partial charge >= 0.3 is 12.1 Å². The van der Waals surface area contributed by atoms with Gasteiger partial charge in [-0.1, -0.05) is 11.8 Å². The number of nitrogens with zero attached hydrogens (tertiary/aromatic N) is 1. The molecule has 168 valence electrons. The first-order chi connectivity index (χ1) is 14.6. The topological polar surface area (TPSA) is 101 Å². The molecule has 0 saturated carbocycles.